The number of benzene rings is 1. The zero-order valence-corrected chi connectivity index (χ0v) is 12.3. The maximum atomic E-state index is 11.3. The lowest BCUT2D eigenvalue weighted by atomic mass is 10.2. The number of fused-ring (bicyclic) bond motifs is 1. The molecular weight excluding hydrogens is 274 g/mol. The van der Waals surface area contributed by atoms with Crippen LogP contribution >= 0.6 is 12.4 Å². The number of halogens is 1. The molecule has 0 saturated carbocycles. The van der Waals surface area contributed by atoms with Gasteiger partial charge in [-0.15, -0.1) is 12.4 Å². The fourth-order valence-electron chi connectivity index (χ4n) is 2.48. The number of hydrogen-bond acceptors (Lipinski definition) is 3. The summed E-state index contributed by atoms with van der Waals surface area (Å²) >= 11 is 0. The van der Waals surface area contributed by atoms with Crippen molar-refractivity contribution in [2.45, 2.75) is 6.92 Å². The number of nitrogens with zero attached hydrogens (tertiary/aromatic N) is 3. The van der Waals surface area contributed by atoms with E-state index in [1.165, 1.54) is 0 Å². The monoisotopic (exact) mass is 291 g/mol. The molecule has 1 amide bonds. The highest BCUT2D eigenvalue weighted by Gasteiger charge is 2.19. The van der Waals surface area contributed by atoms with E-state index in [9.17, 15) is 4.79 Å². The van der Waals surface area contributed by atoms with Crippen molar-refractivity contribution in [2.75, 3.05) is 31.1 Å². The van der Waals surface area contributed by atoms with Crippen LogP contribution in [0.25, 0.3) is 10.9 Å². The van der Waals surface area contributed by atoms with E-state index in [0.29, 0.717) is 0 Å². The Morgan fingerprint density at radius 2 is 1.75 bits per heavy atom. The summed E-state index contributed by atoms with van der Waals surface area (Å²) in [6.07, 6.45) is 0. The minimum absolute atomic E-state index is 0. The molecule has 1 aliphatic heterocycles. The third-order valence-corrected chi connectivity index (χ3v) is 3.63. The Hall–Kier alpha value is -1.81. The molecule has 0 spiro atoms. The van der Waals surface area contributed by atoms with Crippen LogP contribution in [0.2, 0.25) is 0 Å². The second-order valence-corrected chi connectivity index (χ2v) is 4.86. The van der Waals surface area contributed by atoms with Crippen molar-refractivity contribution < 1.29 is 4.79 Å². The topological polar surface area (TPSA) is 36.4 Å². The third-order valence-electron chi connectivity index (χ3n) is 3.63. The van der Waals surface area contributed by atoms with Gasteiger partial charge in [-0.25, -0.2) is 4.98 Å². The van der Waals surface area contributed by atoms with Crippen molar-refractivity contribution in [3.63, 3.8) is 0 Å². The second kappa shape index (κ2) is 6.09. The molecule has 0 bridgehead atoms. The largest absolute Gasteiger partial charge is 0.353 e. The fourth-order valence-corrected chi connectivity index (χ4v) is 2.48. The Bertz CT molecular complexity index is 609. The van der Waals surface area contributed by atoms with E-state index in [0.717, 1.165) is 42.9 Å². The normalized spacial score (nSPS) is 15.1. The minimum atomic E-state index is 0. The van der Waals surface area contributed by atoms with E-state index in [1.54, 1.807) is 6.92 Å². The van der Waals surface area contributed by atoms with Crippen LogP contribution in [0.15, 0.2) is 36.4 Å². The first kappa shape index (κ1) is 14.6. The molecule has 3 rings (SSSR count). The fraction of sp³-hybridized carbons (Fsp3) is 0.333. The predicted octanol–water partition coefficient (Wildman–Crippen LogP) is 2.33. The molecule has 1 aromatic carbocycles. The Kier molecular flexibility index (Phi) is 4.45. The summed E-state index contributed by atoms with van der Waals surface area (Å²) in [5.41, 5.74) is 1.02. The van der Waals surface area contributed by atoms with Gasteiger partial charge in [0.05, 0.1) is 5.52 Å². The maximum Gasteiger partial charge on any atom is 0.219 e. The zero-order chi connectivity index (χ0) is 13.2. The van der Waals surface area contributed by atoms with Crippen LogP contribution in [0.3, 0.4) is 0 Å². The Labute approximate surface area is 124 Å². The van der Waals surface area contributed by atoms with Crippen molar-refractivity contribution in [2.24, 2.45) is 0 Å². The number of piperazine rings is 1. The third kappa shape index (κ3) is 2.85. The van der Waals surface area contributed by atoms with Crippen molar-refractivity contribution in [1.29, 1.82) is 0 Å². The molecule has 0 aliphatic carbocycles. The summed E-state index contributed by atoms with van der Waals surface area (Å²) in [6.45, 7) is 4.90. The predicted molar refractivity (Wildman–Crippen MR) is 83.5 cm³/mol. The van der Waals surface area contributed by atoms with E-state index in [-0.39, 0.29) is 18.3 Å². The van der Waals surface area contributed by atoms with E-state index in [2.05, 4.69) is 23.1 Å². The molecule has 106 valence electrons. The first-order chi connectivity index (χ1) is 9.24. The lowest BCUT2D eigenvalue weighted by Crippen LogP contribution is -2.48. The van der Waals surface area contributed by atoms with Crippen LogP contribution in [0.5, 0.6) is 0 Å². The van der Waals surface area contributed by atoms with Gasteiger partial charge in [0.1, 0.15) is 5.82 Å². The van der Waals surface area contributed by atoms with Gasteiger partial charge in [0.2, 0.25) is 5.91 Å². The highest BCUT2D eigenvalue weighted by molar-refractivity contribution is 5.85. The van der Waals surface area contributed by atoms with Gasteiger partial charge in [-0.3, -0.25) is 4.79 Å². The van der Waals surface area contributed by atoms with Crippen LogP contribution in [-0.4, -0.2) is 42.0 Å². The number of aromatic nitrogens is 1. The molecule has 1 aliphatic rings. The van der Waals surface area contributed by atoms with Crippen LogP contribution in [0.4, 0.5) is 5.82 Å². The molecule has 0 radical (unpaired) electrons. The van der Waals surface area contributed by atoms with Gasteiger partial charge in [0.15, 0.2) is 0 Å². The molecular formula is C15H18ClN3O. The van der Waals surface area contributed by atoms with E-state index >= 15 is 0 Å². The lowest BCUT2D eigenvalue weighted by Gasteiger charge is -2.35. The van der Waals surface area contributed by atoms with Crippen molar-refractivity contribution in [3.05, 3.63) is 36.4 Å². The number of amides is 1. The van der Waals surface area contributed by atoms with E-state index in [4.69, 9.17) is 4.98 Å². The average Bonchev–Trinajstić information content (AvgIpc) is 2.47. The molecule has 5 heteroatoms. The quantitative estimate of drug-likeness (QED) is 0.809. The van der Waals surface area contributed by atoms with Crippen molar-refractivity contribution >= 4 is 35.0 Å². The molecule has 0 N–H and O–H groups in total. The molecule has 0 unspecified atom stereocenters. The molecule has 2 heterocycles. The Balaban J connectivity index is 0.00000147. The molecule has 4 nitrogen and oxygen atoms in total. The van der Waals surface area contributed by atoms with E-state index < -0.39 is 0 Å². The van der Waals surface area contributed by atoms with Crippen LogP contribution in [0, 0.1) is 0 Å². The first-order valence-corrected chi connectivity index (χ1v) is 6.60. The average molecular weight is 292 g/mol. The number of anilines is 1. The standard InChI is InChI=1S/C15H17N3O.ClH/c1-12(19)17-8-10-18(11-9-17)15-7-6-13-4-2-3-5-14(13)16-15;/h2-7H,8-11H2,1H3;1H. The number of rotatable bonds is 1. The maximum absolute atomic E-state index is 11.3. The first-order valence-electron chi connectivity index (χ1n) is 6.60. The van der Waals surface area contributed by atoms with Gasteiger partial charge < -0.3 is 9.80 Å². The van der Waals surface area contributed by atoms with Crippen LogP contribution in [0.1, 0.15) is 6.92 Å². The highest BCUT2D eigenvalue weighted by Crippen LogP contribution is 2.19. The van der Waals surface area contributed by atoms with Gasteiger partial charge >= 0.3 is 0 Å². The van der Waals surface area contributed by atoms with Crippen LogP contribution < -0.4 is 4.90 Å². The number of carbonyl (C=O) groups excluding carboxylic acids is 1. The molecule has 2 aromatic rings. The summed E-state index contributed by atoms with van der Waals surface area (Å²) in [6, 6.07) is 12.3. The van der Waals surface area contributed by atoms with Gasteiger partial charge in [-0.05, 0) is 18.2 Å². The van der Waals surface area contributed by atoms with Gasteiger partial charge in [-0.1, -0.05) is 18.2 Å². The van der Waals surface area contributed by atoms with Gasteiger partial charge in [0.25, 0.3) is 0 Å². The highest BCUT2D eigenvalue weighted by atomic mass is 35.5. The van der Waals surface area contributed by atoms with E-state index in [1.807, 2.05) is 23.1 Å². The molecule has 1 aromatic heterocycles. The summed E-state index contributed by atoms with van der Waals surface area (Å²) in [7, 11) is 0. The Morgan fingerprint density at radius 3 is 2.45 bits per heavy atom. The SMILES string of the molecule is CC(=O)N1CCN(c2ccc3ccccc3n2)CC1.Cl. The Morgan fingerprint density at radius 1 is 1.05 bits per heavy atom. The van der Waals surface area contributed by atoms with Crippen LogP contribution in [-0.2, 0) is 4.79 Å². The minimum Gasteiger partial charge on any atom is -0.353 e. The molecule has 1 fully saturated rings. The second-order valence-electron chi connectivity index (χ2n) is 4.86. The van der Waals surface area contributed by atoms with Gasteiger partial charge in [0, 0.05) is 38.5 Å². The molecule has 1 saturated heterocycles. The number of carbonyl (C=O) groups is 1. The molecule has 0 atom stereocenters. The summed E-state index contributed by atoms with van der Waals surface area (Å²) < 4.78 is 0. The van der Waals surface area contributed by atoms with Crippen molar-refractivity contribution in [1.82, 2.24) is 9.88 Å². The number of hydrogen-bond donors (Lipinski definition) is 0. The lowest BCUT2D eigenvalue weighted by molar-refractivity contribution is -0.129. The smallest absolute Gasteiger partial charge is 0.219 e. The van der Waals surface area contributed by atoms with Crippen molar-refractivity contribution in [3.8, 4) is 0 Å². The zero-order valence-electron chi connectivity index (χ0n) is 11.5. The number of para-hydroxylation sites is 1. The summed E-state index contributed by atoms with van der Waals surface area (Å²) in [5.74, 6) is 1.16. The summed E-state index contributed by atoms with van der Waals surface area (Å²) in [4.78, 5) is 20.1. The number of pyridine rings is 1. The summed E-state index contributed by atoms with van der Waals surface area (Å²) in [5, 5.41) is 1.16. The molecule has 20 heavy (non-hydrogen) atoms. The van der Waals surface area contributed by atoms with Gasteiger partial charge in [-0.2, -0.15) is 0 Å².